The van der Waals surface area contributed by atoms with Gasteiger partial charge in [-0.25, -0.2) is 0 Å². The minimum Gasteiger partial charge on any atom is -0.464 e. The summed E-state index contributed by atoms with van der Waals surface area (Å²) in [6.45, 7) is -2.88. The number of carbonyl (C=O) groups is 1. The molecule has 0 aliphatic heterocycles. The molecule has 1 amide bonds. The number of anilines is 1. The average molecular weight is 367 g/mol. The smallest absolute Gasteiger partial charge is 0.387 e. The number of amides is 1. The Morgan fingerprint density at radius 2 is 1.81 bits per heavy atom. The van der Waals surface area contributed by atoms with Crippen LogP contribution in [-0.2, 0) is 11.2 Å². The number of hydrogen-bond acceptors (Lipinski definition) is 3. The average Bonchev–Trinajstić information content (AvgIpc) is 3.06. The number of benzene rings is 3. The van der Waals surface area contributed by atoms with E-state index in [1.807, 2.05) is 36.4 Å². The van der Waals surface area contributed by atoms with Crippen LogP contribution in [0.25, 0.3) is 21.7 Å². The van der Waals surface area contributed by atoms with Crippen molar-refractivity contribution >= 4 is 33.3 Å². The zero-order valence-corrected chi connectivity index (χ0v) is 14.1. The Bertz CT molecular complexity index is 1100. The molecule has 0 atom stereocenters. The summed E-state index contributed by atoms with van der Waals surface area (Å²) in [5.41, 5.74) is 2.02. The fourth-order valence-electron chi connectivity index (χ4n) is 3.10. The highest BCUT2D eigenvalue weighted by atomic mass is 19.3. The van der Waals surface area contributed by atoms with Crippen molar-refractivity contribution in [2.24, 2.45) is 0 Å². The number of hydrogen-bond donors (Lipinski definition) is 1. The Morgan fingerprint density at radius 1 is 1.04 bits per heavy atom. The van der Waals surface area contributed by atoms with E-state index in [0.29, 0.717) is 5.69 Å². The van der Waals surface area contributed by atoms with E-state index >= 15 is 0 Å². The summed E-state index contributed by atoms with van der Waals surface area (Å²) in [6, 6.07) is 17.6. The molecular weight excluding hydrogens is 352 g/mol. The summed E-state index contributed by atoms with van der Waals surface area (Å²) in [5.74, 6) is -0.191. The largest absolute Gasteiger partial charge is 0.464 e. The van der Waals surface area contributed by atoms with Gasteiger partial charge in [0.15, 0.2) is 0 Å². The van der Waals surface area contributed by atoms with Gasteiger partial charge in [-0.15, -0.1) is 0 Å². The quantitative estimate of drug-likeness (QED) is 0.516. The van der Waals surface area contributed by atoms with E-state index in [1.54, 1.807) is 6.26 Å². The van der Waals surface area contributed by atoms with Gasteiger partial charge in [-0.05, 0) is 41.1 Å². The zero-order valence-electron chi connectivity index (χ0n) is 14.1. The Balaban J connectivity index is 1.54. The van der Waals surface area contributed by atoms with Crippen molar-refractivity contribution in [2.75, 3.05) is 5.32 Å². The first-order valence-electron chi connectivity index (χ1n) is 8.33. The highest BCUT2D eigenvalue weighted by Crippen LogP contribution is 2.30. The topological polar surface area (TPSA) is 51.5 Å². The number of nitrogens with one attached hydrogen (secondary N) is 1. The molecule has 0 spiro atoms. The van der Waals surface area contributed by atoms with Gasteiger partial charge >= 0.3 is 6.61 Å². The van der Waals surface area contributed by atoms with Gasteiger partial charge in [0.05, 0.1) is 12.7 Å². The molecule has 0 saturated heterocycles. The van der Waals surface area contributed by atoms with E-state index in [1.165, 1.54) is 24.3 Å². The maximum Gasteiger partial charge on any atom is 0.387 e. The predicted octanol–water partition coefficient (Wildman–Crippen LogP) is 5.37. The first-order valence-corrected chi connectivity index (χ1v) is 8.33. The molecule has 1 N–H and O–H groups in total. The van der Waals surface area contributed by atoms with Gasteiger partial charge < -0.3 is 14.5 Å². The van der Waals surface area contributed by atoms with Gasteiger partial charge in [-0.2, -0.15) is 8.78 Å². The van der Waals surface area contributed by atoms with Crippen LogP contribution in [0.4, 0.5) is 14.5 Å². The molecule has 0 bridgehead atoms. The molecule has 4 rings (SSSR count). The third kappa shape index (κ3) is 3.60. The second kappa shape index (κ2) is 7.07. The van der Waals surface area contributed by atoms with Gasteiger partial charge in [0.25, 0.3) is 0 Å². The molecule has 0 aliphatic rings. The molecule has 1 aromatic heterocycles. The Labute approximate surface area is 153 Å². The predicted molar refractivity (Wildman–Crippen MR) is 99.1 cm³/mol. The molecule has 4 aromatic rings. The normalized spacial score (nSPS) is 11.2. The molecule has 0 fully saturated rings. The van der Waals surface area contributed by atoms with Gasteiger partial charge in [-0.1, -0.05) is 30.3 Å². The molecule has 3 aromatic carbocycles. The third-order valence-electron chi connectivity index (χ3n) is 4.25. The lowest BCUT2D eigenvalue weighted by molar-refractivity contribution is -0.115. The molecule has 136 valence electrons. The van der Waals surface area contributed by atoms with Gasteiger partial charge in [0.2, 0.25) is 5.91 Å². The fourth-order valence-corrected chi connectivity index (χ4v) is 3.10. The van der Waals surface area contributed by atoms with E-state index in [4.69, 9.17) is 4.42 Å². The van der Waals surface area contributed by atoms with Crippen molar-refractivity contribution in [3.05, 3.63) is 72.5 Å². The number of furan rings is 1. The maximum atomic E-state index is 12.4. The highest BCUT2D eigenvalue weighted by Gasteiger charge is 2.13. The molecular formula is C21H15F2NO3. The Kier molecular flexibility index (Phi) is 4.46. The Hall–Kier alpha value is -3.41. The number of alkyl halides is 2. The van der Waals surface area contributed by atoms with Crippen LogP contribution in [0.5, 0.6) is 5.75 Å². The van der Waals surface area contributed by atoms with Crippen LogP contribution >= 0.6 is 0 Å². The maximum absolute atomic E-state index is 12.4. The van der Waals surface area contributed by atoms with Gasteiger partial charge in [-0.3, -0.25) is 4.79 Å². The number of ether oxygens (including phenoxy) is 1. The van der Waals surface area contributed by atoms with E-state index in [2.05, 4.69) is 10.1 Å². The molecule has 0 radical (unpaired) electrons. The summed E-state index contributed by atoms with van der Waals surface area (Å²) < 4.78 is 34.2. The monoisotopic (exact) mass is 367 g/mol. The summed E-state index contributed by atoms with van der Waals surface area (Å²) >= 11 is 0. The summed E-state index contributed by atoms with van der Waals surface area (Å²) in [5, 5.41) is 5.77. The summed E-state index contributed by atoms with van der Waals surface area (Å²) in [6.07, 6.45) is 1.73. The molecule has 0 unspecified atom stereocenters. The molecule has 1 heterocycles. The van der Waals surface area contributed by atoms with Crippen molar-refractivity contribution < 1.29 is 22.7 Å². The van der Waals surface area contributed by atoms with Crippen molar-refractivity contribution in [1.82, 2.24) is 0 Å². The minimum atomic E-state index is -2.88. The first-order chi connectivity index (χ1) is 13.1. The summed E-state index contributed by atoms with van der Waals surface area (Å²) in [7, 11) is 0. The van der Waals surface area contributed by atoms with E-state index in [0.717, 1.165) is 27.3 Å². The van der Waals surface area contributed by atoms with Crippen LogP contribution in [0.3, 0.4) is 0 Å². The van der Waals surface area contributed by atoms with Crippen LogP contribution in [0, 0.1) is 0 Å². The first kappa shape index (κ1) is 17.0. The number of fused-ring (bicyclic) bond motifs is 3. The standard InChI is InChI=1S/C21H15F2NO3/c22-21(23)27-16-8-6-15(7-9-16)24-19(25)11-14-12-26-18-10-5-13-3-1-2-4-17(13)20(14)18/h1-10,12,21H,11H2,(H,24,25). The van der Waals surface area contributed by atoms with Crippen LogP contribution in [0.15, 0.2) is 71.3 Å². The molecule has 0 aliphatic carbocycles. The molecule has 4 nitrogen and oxygen atoms in total. The van der Waals surface area contributed by atoms with Crippen molar-refractivity contribution in [3.63, 3.8) is 0 Å². The van der Waals surface area contributed by atoms with E-state index in [-0.39, 0.29) is 18.1 Å². The highest BCUT2D eigenvalue weighted by molar-refractivity contribution is 6.09. The lowest BCUT2D eigenvalue weighted by Crippen LogP contribution is -2.14. The van der Waals surface area contributed by atoms with Crippen molar-refractivity contribution in [2.45, 2.75) is 13.0 Å². The molecule has 0 saturated carbocycles. The van der Waals surface area contributed by atoms with Crippen molar-refractivity contribution in [1.29, 1.82) is 0 Å². The van der Waals surface area contributed by atoms with Gasteiger partial charge in [0, 0.05) is 16.6 Å². The summed E-state index contributed by atoms with van der Waals surface area (Å²) in [4.78, 5) is 12.4. The number of rotatable bonds is 5. The lowest BCUT2D eigenvalue weighted by Gasteiger charge is -2.07. The van der Waals surface area contributed by atoms with Crippen LogP contribution < -0.4 is 10.1 Å². The molecule has 27 heavy (non-hydrogen) atoms. The van der Waals surface area contributed by atoms with Crippen LogP contribution in [0.1, 0.15) is 5.56 Å². The Morgan fingerprint density at radius 3 is 2.59 bits per heavy atom. The molecule has 6 heteroatoms. The van der Waals surface area contributed by atoms with Gasteiger partial charge in [0.1, 0.15) is 11.3 Å². The lowest BCUT2D eigenvalue weighted by atomic mass is 10.0. The van der Waals surface area contributed by atoms with Crippen LogP contribution in [-0.4, -0.2) is 12.5 Å². The second-order valence-corrected chi connectivity index (χ2v) is 6.05. The number of carbonyl (C=O) groups excluding carboxylic acids is 1. The second-order valence-electron chi connectivity index (χ2n) is 6.05. The SMILES string of the molecule is O=C(Cc1coc2ccc3ccccc3c12)Nc1ccc(OC(F)F)cc1. The number of halogens is 2. The zero-order chi connectivity index (χ0) is 18.8. The third-order valence-corrected chi connectivity index (χ3v) is 4.25. The fraction of sp³-hybridized carbons (Fsp3) is 0.0952. The van der Waals surface area contributed by atoms with E-state index < -0.39 is 6.61 Å². The van der Waals surface area contributed by atoms with Crippen molar-refractivity contribution in [3.8, 4) is 5.75 Å². The minimum absolute atomic E-state index is 0.0373. The van der Waals surface area contributed by atoms with E-state index in [9.17, 15) is 13.6 Å². The van der Waals surface area contributed by atoms with Crippen LogP contribution in [0.2, 0.25) is 0 Å².